The minimum atomic E-state index is -0.321. The van der Waals surface area contributed by atoms with Crippen LogP contribution in [0.15, 0.2) is 33.5 Å². The van der Waals surface area contributed by atoms with Crippen molar-refractivity contribution in [2.45, 2.75) is 12.8 Å². The van der Waals surface area contributed by atoms with Crippen LogP contribution in [0, 0.1) is 0 Å². The van der Waals surface area contributed by atoms with E-state index in [9.17, 15) is 4.79 Å². The maximum atomic E-state index is 11.0. The molecule has 1 aromatic carbocycles. The van der Waals surface area contributed by atoms with Gasteiger partial charge in [-0.25, -0.2) is 4.79 Å². The zero-order valence-corrected chi connectivity index (χ0v) is 8.16. The molecule has 76 valence electrons. The molecule has 3 rings (SSSR count). The van der Waals surface area contributed by atoms with Gasteiger partial charge < -0.3 is 9.15 Å². The number of ether oxygens (including phenoxy) is 1. The van der Waals surface area contributed by atoms with Crippen LogP contribution in [0.25, 0.3) is 11.0 Å². The van der Waals surface area contributed by atoms with Crippen LogP contribution in [0.4, 0.5) is 0 Å². The molecule has 0 spiro atoms. The average Bonchev–Trinajstić information content (AvgIpc) is 2.26. The summed E-state index contributed by atoms with van der Waals surface area (Å²) in [4.78, 5) is 11.0. The summed E-state index contributed by atoms with van der Waals surface area (Å²) in [5, 5.41) is 0.957. The van der Waals surface area contributed by atoms with Crippen molar-refractivity contribution in [3.05, 3.63) is 40.2 Å². The number of aryl methyl sites for hydroxylation is 1. The van der Waals surface area contributed by atoms with Crippen LogP contribution >= 0.6 is 0 Å². The Morgan fingerprint density at radius 3 is 3.07 bits per heavy atom. The highest BCUT2D eigenvalue weighted by molar-refractivity contribution is 5.79. The van der Waals surface area contributed by atoms with Gasteiger partial charge in [0.15, 0.2) is 0 Å². The fourth-order valence-electron chi connectivity index (χ4n) is 1.92. The van der Waals surface area contributed by atoms with Crippen LogP contribution in [0.2, 0.25) is 0 Å². The summed E-state index contributed by atoms with van der Waals surface area (Å²) < 4.78 is 10.6. The highest BCUT2D eigenvalue weighted by Gasteiger charge is 2.12. The standard InChI is InChI=1S/C12H10O3/c13-12-4-3-9-6-8-2-1-5-14-10(8)7-11(9)15-12/h3-4,6-7H,1-2,5H2. The van der Waals surface area contributed by atoms with Crippen LogP contribution in [0.3, 0.4) is 0 Å². The third kappa shape index (κ3) is 1.40. The lowest BCUT2D eigenvalue weighted by molar-refractivity contribution is 0.288. The average molecular weight is 202 g/mol. The number of rotatable bonds is 0. The normalized spacial score (nSPS) is 14.7. The third-order valence-corrected chi connectivity index (χ3v) is 2.65. The van der Waals surface area contributed by atoms with Gasteiger partial charge in [-0.3, -0.25) is 0 Å². The molecule has 0 saturated carbocycles. The summed E-state index contributed by atoms with van der Waals surface area (Å²) in [6.07, 6.45) is 2.08. The number of hydrogen-bond acceptors (Lipinski definition) is 3. The predicted octanol–water partition coefficient (Wildman–Crippen LogP) is 2.12. The molecule has 0 unspecified atom stereocenters. The van der Waals surface area contributed by atoms with E-state index >= 15 is 0 Å². The lowest BCUT2D eigenvalue weighted by atomic mass is 10.0. The molecule has 3 nitrogen and oxygen atoms in total. The Balaban J connectivity index is 2.30. The van der Waals surface area contributed by atoms with Gasteiger partial charge in [-0.05, 0) is 30.5 Å². The Kier molecular flexibility index (Phi) is 1.78. The fraction of sp³-hybridized carbons (Fsp3) is 0.250. The van der Waals surface area contributed by atoms with Crippen LogP contribution < -0.4 is 10.4 Å². The molecule has 2 heterocycles. The van der Waals surface area contributed by atoms with Gasteiger partial charge >= 0.3 is 5.63 Å². The maximum absolute atomic E-state index is 11.0. The van der Waals surface area contributed by atoms with Crippen molar-refractivity contribution in [2.75, 3.05) is 6.61 Å². The van der Waals surface area contributed by atoms with Crippen molar-refractivity contribution in [3.8, 4) is 5.75 Å². The van der Waals surface area contributed by atoms with E-state index < -0.39 is 0 Å². The van der Waals surface area contributed by atoms with E-state index in [-0.39, 0.29) is 5.63 Å². The molecular formula is C12H10O3. The van der Waals surface area contributed by atoms with Gasteiger partial charge in [-0.1, -0.05) is 0 Å². The van der Waals surface area contributed by atoms with Gasteiger partial charge in [0.2, 0.25) is 0 Å². The molecule has 0 atom stereocenters. The molecule has 0 saturated heterocycles. The van der Waals surface area contributed by atoms with E-state index in [0.29, 0.717) is 5.58 Å². The number of hydrogen-bond donors (Lipinski definition) is 0. The Hall–Kier alpha value is -1.77. The minimum Gasteiger partial charge on any atom is -0.493 e. The van der Waals surface area contributed by atoms with Gasteiger partial charge in [0.05, 0.1) is 6.61 Å². The van der Waals surface area contributed by atoms with Crippen molar-refractivity contribution >= 4 is 11.0 Å². The quantitative estimate of drug-likeness (QED) is 0.614. The highest BCUT2D eigenvalue weighted by atomic mass is 16.5. The molecule has 1 aromatic heterocycles. The van der Waals surface area contributed by atoms with Gasteiger partial charge in [0.1, 0.15) is 11.3 Å². The summed E-state index contributed by atoms with van der Waals surface area (Å²) in [5.74, 6) is 0.850. The van der Waals surface area contributed by atoms with Crippen molar-refractivity contribution in [1.29, 1.82) is 0 Å². The van der Waals surface area contributed by atoms with E-state index in [0.717, 1.165) is 30.6 Å². The maximum Gasteiger partial charge on any atom is 0.336 e. The van der Waals surface area contributed by atoms with Crippen LogP contribution in [0.1, 0.15) is 12.0 Å². The molecule has 0 N–H and O–H groups in total. The molecule has 0 amide bonds. The van der Waals surface area contributed by atoms with Crippen LogP contribution in [0.5, 0.6) is 5.75 Å². The summed E-state index contributed by atoms with van der Waals surface area (Å²) in [6.45, 7) is 0.746. The van der Waals surface area contributed by atoms with Crippen molar-refractivity contribution < 1.29 is 9.15 Å². The Bertz CT molecular complexity index is 569. The predicted molar refractivity (Wildman–Crippen MR) is 56.3 cm³/mol. The van der Waals surface area contributed by atoms with Crippen LogP contribution in [-0.4, -0.2) is 6.61 Å². The van der Waals surface area contributed by atoms with E-state index in [2.05, 4.69) is 0 Å². The topological polar surface area (TPSA) is 39.4 Å². The van der Waals surface area contributed by atoms with E-state index in [1.54, 1.807) is 6.07 Å². The second-order valence-electron chi connectivity index (χ2n) is 3.70. The molecule has 0 aliphatic carbocycles. The molecule has 2 aromatic rings. The minimum absolute atomic E-state index is 0.321. The first kappa shape index (κ1) is 8.53. The molecule has 1 aliphatic heterocycles. The summed E-state index contributed by atoms with van der Waals surface area (Å²) >= 11 is 0. The molecule has 3 heteroatoms. The molecule has 0 bridgehead atoms. The monoisotopic (exact) mass is 202 g/mol. The SMILES string of the molecule is O=c1ccc2cc3c(cc2o1)OCCC3. The summed E-state index contributed by atoms with van der Waals surface area (Å²) in [6, 6.07) is 7.08. The smallest absolute Gasteiger partial charge is 0.336 e. The largest absolute Gasteiger partial charge is 0.493 e. The number of benzene rings is 1. The molecule has 0 radical (unpaired) electrons. The highest BCUT2D eigenvalue weighted by Crippen LogP contribution is 2.29. The zero-order chi connectivity index (χ0) is 10.3. The molecular weight excluding hydrogens is 192 g/mol. The Morgan fingerprint density at radius 2 is 2.13 bits per heavy atom. The van der Waals surface area contributed by atoms with Crippen molar-refractivity contribution in [3.63, 3.8) is 0 Å². The zero-order valence-electron chi connectivity index (χ0n) is 8.16. The van der Waals surface area contributed by atoms with E-state index in [1.807, 2.05) is 12.1 Å². The van der Waals surface area contributed by atoms with E-state index in [4.69, 9.17) is 9.15 Å². The molecule has 0 fully saturated rings. The lowest BCUT2D eigenvalue weighted by Gasteiger charge is -2.17. The third-order valence-electron chi connectivity index (χ3n) is 2.65. The molecule has 1 aliphatic rings. The second-order valence-corrected chi connectivity index (χ2v) is 3.70. The van der Waals surface area contributed by atoms with Gasteiger partial charge in [0.25, 0.3) is 0 Å². The van der Waals surface area contributed by atoms with Crippen molar-refractivity contribution in [1.82, 2.24) is 0 Å². The van der Waals surface area contributed by atoms with Gasteiger partial charge in [-0.15, -0.1) is 0 Å². The Labute approximate surface area is 86.3 Å². The first-order valence-corrected chi connectivity index (χ1v) is 5.02. The van der Waals surface area contributed by atoms with Gasteiger partial charge in [-0.2, -0.15) is 0 Å². The van der Waals surface area contributed by atoms with E-state index in [1.165, 1.54) is 11.6 Å². The van der Waals surface area contributed by atoms with Gasteiger partial charge in [0, 0.05) is 17.5 Å². The second kappa shape index (κ2) is 3.12. The summed E-state index contributed by atoms with van der Waals surface area (Å²) in [7, 11) is 0. The Morgan fingerprint density at radius 1 is 1.20 bits per heavy atom. The summed E-state index contributed by atoms with van der Waals surface area (Å²) in [5.41, 5.74) is 1.48. The first-order valence-electron chi connectivity index (χ1n) is 5.02. The fourth-order valence-corrected chi connectivity index (χ4v) is 1.92. The van der Waals surface area contributed by atoms with Crippen LogP contribution in [-0.2, 0) is 6.42 Å². The lowest BCUT2D eigenvalue weighted by Crippen LogP contribution is -2.08. The first-order chi connectivity index (χ1) is 7.33. The van der Waals surface area contributed by atoms with Crippen molar-refractivity contribution in [2.24, 2.45) is 0 Å². The number of fused-ring (bicyclic) bond motifs is 2. The molecule has 15 heavy (non-hydrogen) atoms.